The Morgan fingerprint density at radius 3 is 2.27 bits per heavy atom. The van der Waals surface area contributed by atoms with Crippen LogP contribution >= 0.6 is 0 Å². The van der Waals surface area contributed by atoms with Crippen molar-refractivity contribution in [2.24, 2.45) is 0 Å². The first-order chi connectivity index (χ1) is 17.8. The Hall–Kier alpha value is -4.79. The molecule has 4 rings (SSSR count). The molecule has 0 spiro atoms. The molecule has 1 heterocycles. The van der Waals surface area contributed by atoms with Crippen LogP contribution in [0.4, 0.5) is 10.5 Å². The monoisotopic (exact) mass is 501 g/mol. The number of pyridine rings is 1. The van der Waals surface area contributed by atoms with Crippen LogP contribution in [0.2, 0.25) is 0 Å². The van der Waals surface area contributed by atoms with Gasteiger partial charge in [0.1, 0.15) is 5.75 Å². The first-order valence-electron chi connectivity index (χ1n) is 11.5. The molecule has 1 aromatic heterocycles. The summed E-state index contributed by atoms with van der Waals surface area (Å²) >= 11 is 0. The fourth-order valence-corrected chi connectivity index (χ4v) is 3.92. The third-order valence-electron chi connectivity index (χ3n) is 5.86. The van der Waals surface area contributed by atoms with Gasteiger partial charge < -0.3 is 24.4 Å². The van der Waals surface area contributed by atoms with Gasteiger partial charge in [-0.1, -0.05) is 18.2 Å². The molecule has 4 aromatic rings. The van der Waals surface area contributed by atoms with Crippen molar-refractivity contribution in [2.45, 2.75) is 6.54 Å². The van der Waals surface area contributed by atoms with E-state index in [0.29, 0.717) is 27.9 Å². The maximum Gasteiger partial charge on any atom is 0.514 e. The number of amides is 1. The number of nitrogens with one attached hydrogen (secondary N) is 1. The maximum atomic E-state index is 13.6. The topological polar surface area (TPSA) is 99.1 Å². The van der Waals surface area contributed by atoms with E-state index in [1.165, 1.54) is 14.2 Å². The number of rotatable bonds is 7. The van der Waals surface area contributed by atoms with Gasteiger partial charge in [0, 0.05) is 42.5 Å². The lowest BCUT2D eigenvalue weighted by atomic mass is 10.1. The van der Waals surface area contributed by atoms with Crippen LogP contribution in [0.5, 0.6) is 11.6 Å². The van der Waals surface area contributed by atoms with Gasteiger partial charge in [0.25, 0.3) is 5.91 Å². The summed E-state index contributed by atoms with van der Waals surface area (Å²) in [7, 11) is 6.51. The zero-order valence-corrected chi connectivity index (χ0v) is 21.0. The number of fused-ring (bicyclic) bond motifs is 1. The van der Waals surface area contributed by atoms with Crippen LogP contribution in [-0.4, -0.2) is 44.9 Å². The van der Waals surface area contributed by atoms with Gasteiger partial charge in [0.2, 0.25) is 5.88 Å². The Morgan fingerprint density at radius 1 is 0.946 bits per heavy atom. The Morgan fingerprint density at radius 2 is 1.65 bits per heavy atom. The summed E-state index contributed by atoms with van der Waals surface area (Å²) in [5, 5.41) is 3.14. The summed E-state index contributed by atoms with van der Waals surface area (Å²) in [5.41, 5.74) is 2.16. The molecule has 0 aliphatic carbocycles. The van der Waals surface area contributed by atoms with Gasteiger partial charge in [0.15, 0.2) is 5.43 Å². The van der Waals surface area contributed by atoms with Crippen LogP contribution in [0.1, 0.15) is 15.9 Å². The number of hydrogen-bond acceptors (Lipinski definition) is 7. The lowest BCUT2D eigenvalue weighted by Gasteiger charge is -2.20. The third kappa shape index (κ3) is 5.25. The molecular weight excluding hydrogens is 474 g/mol. The van der Waals surface area contributed by atoms with Crippen molar-refractivity contribution in [3.63, 3.8) is 0 Å². The number of para-hydroxylation sites is 1. The highest BCUT2D eigenvalue weighted by molar-refractivity contribution is 5.94. The number of methoxy groups -OCH3 is 2. The van der Waals surface area contributed by atoms with Crippen molar-refractivity contribution in [1.29, 1.82) is 0 Å². The Bertz CT molecular complexity index is 1490. The van der Waals surface area contributed by atoms with Crippen LogP contribution in [0.3, 0.4) is 0 Å². The smallest absolute Gasteiger partial charge is 0.497 e. The van der Waals surface area contributed by atoms with Crippen LogP contribution in [-0.2, 0) is 11.3 Å². The van der Waals surface area contributed by atoms with Crippen LogP contribution in [0, 0.1) is 0 Å². The Balaban J connectivity index is 1.85. The zero-order valence-electron chi connectivity index (χ0n) is 21.0. The van der Waals surface area contributed by atoms with E-state index in [-0.39, 0.29) is 23.9 Å². The van der Waals surface area contributed by atoms with Gasteiger partial charge in [-0.2, -0.15) is 0 Å². The quantitative estimate of drug-likeness (QED) is 0.380. The molecule has 0 saturated carbocycles. The second kappa shape index (κ2) is 10.9. The largest absolute Gasteiger partial charge is 0.514 e. The van der Waals surface area contributed by atoms with E-state index in [9.17, 15) is 14.4 Å². The summed E-state index contributed by atoms with van der Waals surface area (Å²) in [6, 6.07) is 21.2. The Labute approximate surface area is 213 Å². The third-order valence-corrected chi connectivity index (χ3v) is 5.86. The summed E-state index contributed by atoms with van der Waals surface area (Å²) in [5.74, 6) is 0.0738. The van der Waals surface area contributed by atoms with E-state index in [1.54, 1.807) is 34.9 Å². The first-order valence-corrected chi connectivity index (χ1v) is 11.5. The van der Waals surface area contributed by atoms with Crippen molar-refractivity contribution >= 4 is 28.7 Å². The number of ether oxygens (including phenoxy) is 3. The Kier molecular flexibility index (Phi) is 7.43. The molecule has 0 radical (unpaired) electrons. The predicted octanol–water partition coefficient (Wildman–Crippen LogP) is 4.14. The minimum Gasteiger partial charge on any atom is -0.497 e. The molecule has 3 aromatic carbocycles. The molecule has 37 heavy (non-hydrogen) atoms. The number of nitrogens with zero attached hydrogens (tertiary/aromatic N) is 2. The van der Waals surface area contributed by atoms with Gasteiger partial charge >= 0.3 is 6.16 Å². The van der Waals surface area contributed by atoms with Crippen LogP contribution < -0.4 is 25.1 Å². The second-order valence-corrected chi connectivity index (χ2v) is 8.35. The fourth-order valence-electron chi connectivity index (χ4n) is 3.92. The lowest BCUT2D eigenvalue weighted by Crippen LogP contribution is -2.29. The van der Waals surface area contributed by atoms with E-state index < -0.39 is 11.6 Å². The van der Waals surface area contributed by atoms with Gasteiger partial charge in [-0.05, 0) is 48.5 Å². The van der Waals surface area contributed by atoms with Crippen molar-refractivity contribution in [2.75, 3.05) is 33.2 Å². The molecule has 9 heteroatoms. The molecule has 190 valence electrons. The maximum absolute atomic E-state index is 13.6. The highest BCUT2D eigenvalue weighted by Gasteiger charge is 2.23. The molecule has 0 aliphatic rings. The van der Waals surface area contributed by atoms with Crippen molar-refractivity contribution in [3.05, 3.63) is 94.1 Å². The molecule has 1 N–H and O–H groups in total. The first kappa shape index (κ1) is 25.3. The molecule has 0 unspecified atom stereocenters. The second-order valence-electron chi connectivity index (χ2n) is 8.35. The number of hydrogen-bond donors (Lipinski definition) is 1. The number of carbonyl (C=O) groups is 2. The molecule has 0 atom stereocenters. The summed E-state index contributed by atoms with van der Waals surface area (Å²) in [6.45, 7) is -0.186. The number of carbonyl (C=O) groups excluding carboxylic acids is 2. The molecule has 9 nitrogen and oxygen atoms in total. The van der Waals surface area contributed by atoms with E-state index >= 15 is 0 Å². The van der Waals surface area contributed by atoms with E-state index in [4.69, 9.17) is 14.2 Å². The molecule has 0 bridgehead atoms. The van der Waals surface area contributed by atoms with Gasteiger partial charge in [-0.25, -0.2) is 4.79 Å². The summed E-state index contributed by atoms with van der Waals surface area (Å²) < 4.78 is 17.3. The van der Waals surface area contributed by atoms with Crippen LogP contribution in [0.15, 0.2) is 77.6 Å². The van der Waals surface area contributed by atoms with E-state index in [0.717, 1.165) is 5.69 Å². The van der Waals surface area contributed by atoms with Gasteiger partial charge in [-0.15, -0.1) is 0 Å². The molecule has 0 fully saturated rings. The van der Waals surface area contributed by atoms with Gasteiger partial charge in [-0.3, -0.25) is 14.2 Å². The lowest BCUT2D eigenvalue weighted by molar-refractivity contribution is 0.0950. The average Bonchev–Trinajstić information content (AvgIpc) is 2.92. The molecule has 0 saturated heterocycles. The van der Waals surface area contributed by atoms with E-state index in [2.05, 4.69) is 5.32 Å². The van der Waals surface area contributed by atoms with Crippen molar-refractivity contribution in [1.82, 2.24) is 9.88 Å². The highest BCUT2D eigenvalue weighted by atomic mass is 16.7. The number of anilines is 1. The SMILES string of the molecule is COC(=O)Oc1c(CNC(=O)c2ccc(N(C)C)cc2)c(=O)c2ccc(OC)cc2n1-c1ccccc1. The average molecular weight is 502 g/mol. The normalized spacial score (nSPS) is 10.6. The summed E-state index contributed by atoms with van der Waals surface area (Å²) in [4.78, 5) is 40.7. The standard InChI is InChI=1S/C28H27N3O6/c1-30(2)19-12-10-18(11-13-19)26(33)29-17-23-25(32)22-15-14-21(35-3)16-24(22)31(20-8-6-5-7-9-20)27(23)37-28(34)36-4/h5-16H,17H2,1-4H3,(H,29,33). The predicted molar refractivity (Wildman–Crippen MR) is 141 cm³/mol. The number of benzene rings is 3. The highest BCUT2D eigenvalue weighted by Crippen LogP contribution is 2.30. The van der Waals surface area contributed by atoms with Crippen molar-refractivity contribution < 1.29 is 23.8 Å². The van der Waals surface area contributed by atoms with E-state index in [1.807, 2.05) is 61.5 Å². The molecule has 1 amide bonds. The van der Waals surface area contributed by atoms with Crippen LogP contribution in [0.25, 0.3) is 16.6 Å². The zero-order chi connectivity index (χ0) is 26.5. The number of aromatic nitrogens is 1. The minimum atomic E-state index is -1.00. The molecular formula is C28H27N3O6. The van der Waals surface area contributed by atoms with Gasteiger partial charge in [0.05, 0.1) is 31.8 Å². The minimum absolute atomic E-state index is 0.0629. The molecule has 0 aliphatic heterocycles. The fraction of sp³-hybridized carbons (Fsp3) is 0.179. The van der Waals surface area contributed by atoms with Crippen molar-refractivity contribution in [3.8, 4) is 17.3 Å². The summed E-state index contributed by atoms with van der Waals surface area (Å²) in [6.07, 6.45) is -1.00.